The van der Waals surface area contributed by atoms with E-state index in [-0.39, 0.29) is 12.4 Å². The summed E-state index contributed by atoms with van der Waals surface area (Å²) >= 11 is 0. The standard InChI is InChI=1S/C22H23N3O5/c1-13-9-17(19(26)12-30-22(27)18-11-23-24(4)14(18)2)15(3)25(13)16-5-6-20-21(10-16)29-8-7-28-20/h5-6,9-11H,7-8,12H2,1-4H3. The van der Waals surface area contributed by atoms with Gasteiger partial charge in [0.05, 0.1) is 6.20 Å². The normalized spacial score (nSPS) is 12.7. The van der Waals surface area contributed by atoms with Crippen LogP contribution in [0.1, 0.15) is 37.8 Å². The molecule has 2 aromatic heterocycles. The zero-order valence-electron chi connectivity index (χ0n) is 17.4. The lowest BCUT2D eigenvalue weighted by Crippen LogP contribution is -2.16. The van der Waals surface area contributed by atoms with Crippen molar-refractivity contribution in [1.29, 1.82) is 0 Å². The lowest BCUT2D eigenvalue weighted by Gasteiger charge is -2.20. The first-order valence-corrected chi connectivity index (χ1v) is 9.64. The molecule has 3 aromatic rings. The number of benzene rings is 1. The van der Waals surface area contributed by atoms with Gasteiger partial charge in [-0.15, -0.1) is 0 Å². The van der Waals surface area contributed by atoms with Gasteiger partial charge in [0.1, 0.15) is 18.8 Å². The Morgan fingerprint density at radius 3 is 2.47 bits per heavy atom. The zero-order valence-corrected chi connectivity index (χ0v) is 17.4. The van der Waals surface area contributed by atoms with Crippen LogP contribution in [-0.4, -0.2) is 45.9 Å². The van der Waals surface area contributed by atoms with Crippen molar-refractivity contribution < 1.29 is 23.8 Å². The highest BCUT2D eigenvalue weighted by Crippen LogP contribution is 2.33. The summed E-state index contributed by atoms with van der Waals surface area (Å²) in [6.45, 7) is 6.26. The number of carbonyl (C=O) groups excluding carboxylic acids is 2. The molecule has 0 radical (unpaired) electrons. The third-order valence-corrected chi connectivity index (χ3v) is 5.31. The number of fused-ring (bicyclic) bond motifs is 1. The topological polar surface area (TPSA) is 84.6 Å². The fraction of sp³-hybridized carbons (Fsp3) is 0.318. The first kappa shape index (κ1) is 19.8. The van der Waals surface area contributed by atoms with Crippen molar-refractivity contribution in [2.45, 2.75) is 20.8 Å². The number of ketones is 1. The minimum atomic E-state index is -0.561. The van der Waals surface area contributed by atoms with Crippen molar-refractivity contribution in [3.8, 4) is 17.2 Å². The van der Waals surface area contributed by atoms with Crippen molar-refractivity contribution >= 4 is 11.8 Å². The summed E-state index contributed by atoms with van der Waals surface area (Å²) in [7, 11) is 1.74. The Kier molecular flexibility index (Phi) is 5.07. The quantitative estimate of drug-likeness (QED) is 0.476. The molecule has 0 bridgehead atoms. The van der Waals surface area contributed by atoms with Crippen LogP contribution in [0, 0.1) is 20.8 Å². The number of esters is 1. The molecule has 0 fully saturated rings. The molecule has 156 valence electrons. The van der Waals surface area contributed by atoms with E-state index < -0.39 is 5.97 Å². The lowest BCUT2D eigenvalue weighted by atomic mass is 10.1. The molecule has 30 heavy (non-hydrogen) atoms. The van der Waals surface area contributed by atoms with Crippen LogP contribution in [0.5, 0.6) is 11.5 Å². The average Bonchev–Trinajstić information content (AvgIpc) is 3.23. The molecule has 0 unspecified atom stereocenters. The number of hydrogen-bond donors (Lipinski definition) is 0. The van der Waals surface area contributed by atoms with E-state index in [2.05, 4.69) is 5.10 Å². The molecule has 0 spiro atoms. The third-order valence-electron chi connectivity index (χ3n) is 5.31. The average molecular weight is 409 g/mol. The molecule has 4 rings (SSSR count). The molecular formula is C22H23N3O5. The van der Waals surface area contributed by atoms with Gasteiger partial charge < -0.3 is 18.8 Å². The molecule has 8 nitrogen and oxygen atoms in total. The number of aromatic nitrogens is 3. The second-order valence-electron chi connectivity index (χ2n) is 7.21. The predicted molar refractivity (Wildman–Crippen MR) is 109 cm³/mol. The molecule has 1 aliphatic heterocycles. The predicted octanol–water partition coefficient (Wildman–Crippen LogP) is 2.95. The van der Waals surface area contributed by atoms with Crippen molar-refractivity contribution in [2.24, 2.45) is 7.05 Å². The zero-order chi connectivity index (χ0) is 21.4. The van der Waals surface area contributed by atoms with Crippen molar-refractivity contribution in [2.75, 3.05) is 19.8 Å². The Bertz CT molecular complexity index is 1140. The summed E-state index contributed by atoms with van der Waals surface area (Å²) in [6.07, 6.45) is 1.44. The van der Waals surface area contributed by atoms with Gasteiger partial charge in [-0.1, -0.05) is 0 Å². The summed E-state index contributed by atoms with van der Waals surface area (Å²) in [6, 6.07) is 7.49. The number of Topliss-reactive ketones (excluding diaryl/α,β-unsaturated/α-hetero) is 1. The van der Waals surface area contributed by atoms with Crippen LogP contribution < -0.4 is 9.47 Å². The maximum absolute atomic E-state index is 12.8. The Morgan fingerprint density at radius 2 is 1.77 bits per heavy atom. The smallest absolute Gasteiger partial charge is 0.342 e. The van der Waals surface area contributed by atoms with E-state index in [1.807, 2.05) is 36.6 Å². The number of ether oxygens (including phenoxy) is 3. The van der Waals surface area contributed by atoms with Gasteiger partial charge in [-0.3, -0.25) is 9.48 Å². The first-order valence-electron chi connectivity index (χ1n) is 9.64. The summed E-state index contributed by atoms with van der Waals surface area (Å²) in [5, 5.41) is 4.02. The monoisotopic (exact) mass is 409 g/mol. The summed E-state index contributed by atoms with van der Waals surface area (Å²) < 4.78 is 20.0. The molecule has 0 atom stereocenters. The molecule has 3 heterocycles. The van der Waals surface area contributed by atoms with Gasteiger partial charge >= 0.3 is 5.97 Å². The fourth-order valence-electron chi connectivity index (χ4n) is 3.60. The molecule has 0 saturated heterocycles. The Labute approximate surface area is 174 Å². The molecule has 1 aromatic carbocycles. The summed E-state index contributed by atoms with van der Waals surface area (Å²) in [5.41, 5.74) is 4.08. The second-order valence-corrected chi connectivity index (χ2v) is 7.21. The van der Waals surface area contributed by atoms with Gasteiger partial charge in [-0.05, 0) is 39.0 Å². The van der Waals surface area contributed by atoms with Gasteiger partial charge in [0.15, 0.2) is 18.1 Å². The Hall–Kier alpha value is -3.55. The van der Waals surface area contributed by atoms with Crippen LogP contribution in [-0.2, 0) is 11.8 Å². The van der Waals surface area contributed by atoms with Gasteiger partial charge in [0.2, 0.25) is 5.78 Å². The highest BCUT2D eigenvalue weighted by molar-refractivity contribution is 6.00. The first-order chi connectivity index (χ1) is 14.4. The van der Waals surface area contributed by atoms with Crippen LogP contribution >= 0.6 is 0 Å². The van der Waals surface area contributed by atoms with E-state index in [1.54, 1.807) is 24.7 Å². The second kappa shape index (κ2) is 7.70. The minimum absolute atomic E-state index is 0.262. The van der Waals surface area contributed by atoms with Crippen LogP contribution in [0.4, 0.5) is 0 Å². The maximum atomic E-state index is 12.8. The Morgan fingerprint density at radius 1 is 1.03 bits per heavy atom. The van der Waals surface area contributed by atoms with E-state index in [0.717, 1.165) is 17.1 Å². The molecule has 0 aliphatic carbocycles. The van der Waals surface area contributed by atoms with Crippen molar-refractivity contribution in [3.63, 3.8) is 0 Å². The fourth-order valence-corrected chi connectivity index (χ4v) is 3.60. The van der Waals surface area contributed by atoms with Crippen molar-refractivity contribution in [1.82, 2.24) is 14.3 Å². The van der Waals surface area contributed by atoms with Gasteiger partial charge in [-0.2, -0.15) is 5.10 Å². The number of rotatable bonds is 5. The van der Waals surface area contributed by atoms with E-state index in [4.69, 9.17) is 14.2 Å². The molecule has 0 N–H and O–H groups in total. The summed E-state index contributed by atoms with van der Waals surface area (Å²) in [4.78, 5) is 25.0. The highest BCUT2D eigenvalue weighted by Gasteiger charge is 2.21. The van der Waals surface area contributed by atoms with E-state index in [0.29, 0.717) is 41.5 Å². The number of carbonyl (C=O) groups is 2. The van der Waals surface area contributed by atoms with Crippen LogP contribution in [0.2, 0.25) is 0 Å². The molecule has 0 saturated carbocycles. The molecule has 0 amide bonds. The number of hydrogen-bond acceptors (Lipinski definition) is 6. The van der Waals surface area contributed by atoms with Gasteiger partial charge in [0, 0.05) is 41.4 Å². The van der Waals surface area contributed by atoms with Crippen LogP contribution in [0.15, 0.2) is 30.5 Å². The molecule has 1 aliphatic rings. The van der Waals surface area contributed by atoms with E-state index in [9.17, 15) is 9.59 Å². The number of aryl methyl sites for hydroxylation is 2. The van der Waals surface area contributed by atoms with Gasteiger partial charge in [0.25, 0.3) is 0 Å². The summed E-state index contributed by atoms with van der Waals surface area (Å²) in [5.74, 6) is 0.567. The van der Waals surface area contributed by atoms with Crippen molar-refractivity contribution in [3.05, 3.63) is 58.7 Å². The van der Waals surface area contributed by atoms with Gasteiger partial charge in [-0.25, -0.2) is 4.79 Å². The minimum Gasteiger partial charge on any atom is -0.486 e. The Balaban J connectivity index is 1.54. The maximum Gasteiger partial charge on any atom is 0.342 e. The van der Waals surface area contributed by atoms with Crippen LogP contribution in [0.3, 0.4) is 0 Å². The van der Waals surface area contributed by atoms with Crippen LogP contribution in [0.25, 0.3) is 5.69 Å². The SMILES string of the molecule is Cc1c(C(=O)OCC(=O)c2cc(C)n(-c3ccc4c(c3)OCCO4)c2C)cnn1C. The molecule has 8 heteroatoms. The largest absolute Gasteiger partial charge is 0.486 e. The van der Waals surface area contributed by atoms with E-state index in [1.165, 1.54) is 6.20 Å². The van der Waals surface area contributed by atoms with E-state index >= 15 is 0 Å². The highest BCUT2D eigenvalue weighted by atomic mass is 16.6. The third kappa shape index (κ3) is 3.45. The number of nitrogens with zero attached hydrogens (tertiary/aromatic N) is 3. The molecular weight excluding hydrogens is 386 g/mol. The lowest BCUT2D eigenvalue weighted by molar-refractivity contribution is 0.0473.